The molecule has 0 aliphatic carbocycles. The summed E-state index contributed by atoms with van der Waals surface area (Å²) in [7, 11) is 0. The van der Waals surface area contributed by atoms with Crippen molar-refractivity contribution in [3.05, 3.63) is 59.7 Å². The molecular weight excluding hydrogens is 224 g/mol. The molecular formula is C14H16N4. The highest BCUT2D eigenvalue weighted by Crippen LogP contribution is 2.11. The fourth-order valence-corrected chi connectivity index (χ4v) is 2.21. The van der Waals surface area contributed by atoms with E-state index in [2.05, 4.69) is 47.2 Å². The number of aromatic nitrogens is 3. The van der Waals surface area contributed by atoms with Gasteiger partial charge in [0.05, 0.1) is 18.3 Å². The van der Waals surface area contributed by atoms with E-state index >= 15 is 0 Å². The number of nitrogens with one attached hydrogen (secondary N) is 1. The number of pyridine rings is 1. The predicted octanol–water partition coefficient (Wildman–Crippen LogP) is 2.50. The first-order chi connectivity index (χ1) is 8.75. The monoisotopic (exact) mass is 240 g/mol. The van der Waals surface area contributed by atoms with Crippen LogP contribution in [0.5, 0.6) is 0 Å². The van der Waals surface area contributed by atoms with Crippen LogP contribution in [0.15, 0.2) is 42.7 Å². The Morgan fingerprint density at radius 2 is 1.89 bits per heavy atom. The van der Waals surface area contributed by atoms with E-state index in [-0.39, 0.29) is 0 Å². The van der Waals surface area contributed by atoms with Gasteiger partial charge in [-0.15, -0.1) is 0 Å². The van der Waals surface area contributed by atoms with Crippen LogP contribution in [0.1, 0.15) is 17.0 Å². The maximum Gasteiger partial charge on any atom is 0.0712 e. The quantitative estimate of drug-likeness (QED) is 0.763. The van der Waals surface area contributed by atoms with Crippen LogP contribution in [0.4, 0.5) is 0 Å². The van der Waals surface area contributed by atoms with Gasteiger partial charge in [-0.05, 0) is 38.1 Å². The van der Waals surface area contributed by atoms with E-state index < -0.39 is 0 Å². The summed E-state index contributed by atoms with van der Waals surface area (Å²) < 4.78 is 4.00. The third-order valence-electron chi connectivity index (χ3n) is 3.21. The minimum absolute atomic E-state index is 0.768. The standard InChI is InChI=1S/C14H16N4/c1-11-6-7-12(2)18(11)16-10-13-9-15-17-8-4-3-5-14(13)17/h3-9,16H,10H2,1-2H3. The summed E-state index contributed by atoms with van der Waals surface area (Å²) in [6.07, 6.45) is 3.88. The van der Waals surface area contributed by atoms with Crippen LogP contribution in [0.3, 0.4) is 0 Å². The molecule has 0 saturated heterocycles. The van der Waals surface area contributed by atoms with Gasteiger partial charge in [0.15, 0.2) is 0 Å². The molecule has 3 aromatic rings. The van der Waals surface area contributed by atoms with E-state index in [4.69, 9.17) is 0 Å². The lowest BCUT2D eigenvalue weighted by molar-refractivity contribution is 0.794. The molecule has 0 radical (unpaired) electrons. The molecule has 0 amide bonds. The number of hydrogen-bond acceptors (Lipinski definition) is 2. The Labute approximate surface area is 106 Å². The zero-order valence-corrected chi connectivity index (χ0v) is 10.6. The third kappa shape index (κ3) is 1.76. The normalized spacial score (nSPS) is 11.0. The topological polar surface area (TPSA) is 34.3 Å². The summed E-state index contributed by atoms with van der Waals surface area (Å²) in [5, 5.41) is 4.33. The maximum atomic E-state index is 4.33. The average molecular weight is 240 g/mol. The largest absolute Gasteiger partial charge is 0.321 e. The summed E-state index contributed by atoms with van der Waals surface area (Å²) in [6.45, 7) is 4.95. The Balaban J connectivity index is 1.85. The second kappa shape index (κ2) is 4.22. The molecule has 18 heavy (non-hydrogen) atoms. The zero-order valence-electron chi connectivity index (χ0n) is 10.6. The van der Waals surface area contributed by atoms with Gasteiger partial charge in [-0.2, -0.15) is 5.10 Å². The van der Waals surface area contributed by atoms with Gasteiger partial charge < -0.3 is 5.43 Å². The summed E-state index contributed by atoms with van der Waals surface area (Å²) in [6, 6.07) is 10.3. The fraction of sp³-hybridized carbons (Fsp3) is 0.214. The molecule has 0 atom stereocenters. The van der Waals surface area contributed by atoms with Crippen LogP contribution in [0, 0.1) is 13.8 Å². The van der Waals surface area contributed by atoms with Crippen LogP contribution in [0.25, 0.3) is 5.52 Å². The highest BCUT2D eigenvalue weighted by molar-refractivity contribution is 5.53. The van der Waals surface area contributed by atoms with Crippen LogP contribution in [-0.2, 0) is 6.54 Å². The van der Waals surface area contributed by atoms with Gasteiger partial charge in [0, 0.05) is 23.1 Å². The third-order valence-corrected chi connectivity index (χ3v) is 3.21. The van der Waals surface area contributed by atoms with Crippen molar-refractivity contribution in [2.75, 3.05) is 5.43 Å². The lowest BCUT2D eigenvalue weighted by Gasteiger charge is -2.11. The lowest BCUT2D eigenvalue weighted by atomic mass is 10.3. The molecule has 3 aromatic heterocycles. The lowest BCUT2D eigenvalue weighted by Crippen LogP contribution is -2.16. The van der Waals surface area contributed by atoms with Crippen LogP contribution in [0.2, 0.25) is 0 Å². The van der Waals surface area contributed by atoms with Crippen molar-refractivity contribution in [1.82, 2.24) is 14.3 Å². The van der Waals surface area contributed by atoms with Gasteiger partial charge >= 0.3 is 0 Å². The fourth-order valence-electron chi connectivity index (χ4n) is 2.21. The molecule has 0 bridgehead atoms. The molecule has 92 valence electrons. The number of aryl methyl sites for hydroxylation is 2. The second-order valence-corrected chi connectivity index (χ2v) is 4.49. The number of hydrogen-bond donors (Lipinski definition) is 1. The number of nitrogens with zero attached hydrogens (tertiary/aromatic N) is 3. The van der Waals surface area contributed by atoms with Crippen molar-refractivity contribution in [2.45, 2.75) is 20.4 Å². The summed E-state index contributed by atoms with van der Waals surface area (Å²) in [4.78, 5) is 0. The van der Waals surface area contributed by atoms with Gasteiger partial charge in [-0.25, -0.2) is 4.52 Å². The van der Waals surface area contributed by atoms with Gasteiger partial charge in [-0.1, -0.05) is 6.07 Å². The predicted molar refractivity (Wildman–Crippen MR) is 72.2 cm³/mol. The van der Waals surface area contributed by atoms with Crippen molar-refractivity contribution in [1.29, 1.82) is 0 Å². The highest BCUT2D eigenvalue weighted by Gasteiger charge is 2.04. The van der Waals surface area contributed by atoms with E-state index in [1.807, 2.05) is 29.0 Å². The second-order valence-electron chi connectivity index (χ2n) is 4.49. The minimum atomic E-state index is 0.768. The summed E-state index contributed by atoms with van der Waals surface area (Å²) in [5.41, 5.74) is 8.19. The van der Waals surface area contributed by atoms with Crippen molar-refractivity contribution < 1.29 is 0 Å². The Bertz CT molecular complexity index is 658. The number of rotatable bonds is 3. The zero-order chi connectivity index (χ0) is 12.5. The van der Waals surface area contributed by atoms with E-state index in [0.29, 0.717) is 0 Å². The molecule has 0 aromatic carbocycles. The minimum Gasteiger partial charge on any atom is -0.321 e. The average Bonchev–Trinajstić information content (AvgIpc) is 2.93. The molecule has 0 aliphatic rings. The van der Waals surface area contributed by atoms with Crippen molar-refractivity contribution in [3.63, 3.8) is 0 Å². The molecule has 0 fully saturated rings. The Morgan fingerprint density at radius 1 is 1.11 bits per heavy atom. The summed E-state index contributed by atoms with van der Waals surface area (Å²) >= 11 is 0. The Morgan fingerprint density at radius 3 is 2.67 bits per heavy atom. The van der Waals surface area contributed by atoms with Crippen molar-refractivity contribution >= 4 is 5.52 Å². The van der Waals surface area contributed by atoms with Gasteiger partial charge in [0.1, 0.15) is 0 Å². The maximum absolute atomic E-state index is 4.33. The first-order valence-electron chi connectivity index (χ1n) is 6.06. The Kier molecular flexibility index (Phi) is 2.55. The molecule has 1 N–H and O–H groups in total. The smallest absolute Gasteiger partial charge is 0.0712 e. The molecule has 0 spiro atoms. The molecule has 0 unspecified atom stereocenters. The van der Waals surface area contributed by atoms with E-state index in [9.17, 15) is 0 Å². The summed E-state index contributed by atoms with van der Waals surface area (Å²) in [5.74, 6) is 0. The number of fused-ring (bicyclic) bond motifs is 1. The molecule has 3 rings (SSSR count). The first kappa shape index (κ1) is 10.9. The first-order valence-corrected chi connectivity index (χ1v) is 6.06. The van der Waals surface area contributed by atoms with Gasteiger partial charge in [0.25, 0.3) is 0 Å². The highest BCUT2D eigenvalue weighted by atomic mass is 15.4. The van der Waals surface area contributed by atoms with Gasteiger partial charge in [-0.3, -0.25) is 4.68 Å². The van der Waals surface area contributed by atoms with Crippen LogP contribution >= 0.6 is 0 Å². The molecule has 3 heterocycles. The van der Waals surface area contributed by atoms with Crippen molar-refractivity contribution in [2.24, 2.45) is 0 Å². The molecule has 0 saturated carbocycles. The SMILES string of the molecule is Cc1ccc(C)n1NCc1cnn2ccccc12. The van der Waals surface area contributed by atoms with Crippen LogP contribution in [-0.4, -0.2) is 14.3 Å². The van der Waals surface area contributed by atoms with E-state index in [1.165, 1.54) is 17.0 Å². The van der Waals surface area contributed by atoms with Crippen LogP contribution < -0.4 is 5.43 Å². The van der Waals surface area contributed by atoms with E-state index in [1.54, 1.807) is 0 Å². The van der Waals surface area contributed by atoms with E-state index in [0.717, 1.165) is 12.1 Å². The molecule has 4 nitrogen and oxygen atoms in total. The van der Waals surface area contributed by atoms with Crippen molar-refractivity contribution in [3.8, 4) is 0 Å². The molecule has 0 aliphatic heterocycles. The van der Waals surface area contributed by atoms with Gasteiger partial charge in [0.2, 0.25) is 0 Å². The Hall–Kier alpha value is -2.23. The molecule has 4 heteroatoms.